The molecule has 1 aliphatic rings. The van der Waals surface area contributed by atoms with Gasteiger partial charge in [0.15, 0.2) is 0 Å². The number of nitrogens with one attached hydrogen (secondary N) is 1. The van der Waals surface area contributed by atoms with Gasteiger partial charge < -0.3 is 10.2 Å². The Morgan fingerprint density at radius 3 is 3.06 bits per heavy atom. The molecule has 1 amide bonds. The number of aryl methyl sites for hydroxylation is 1. The molecule has 1 fully saturated rings. The molecule has 1 N–H and O–H groups in total. The zero-order valence-corrected chi connectivity index (χ0v) is 11.5. The molecule has 0 aromatic carbocycles. The Morgan fingerprint density at radius 2 is 2.41 bits per heavy atom. The van der Waals surface area contributed by atoms with Crippen LogP contribution in [0.3, 0.4) is 0 Å². The van der Waals surface area contributed by atoms with E-state index in [2.05, 4.69) is 31.2 Å². The lowest BCUT2D eigenvalue weighted by Crippen LogP contribution is -2.42. The van der Waals surface area contributed by atoms with Crippen LogP contribution in [0.5, 0.6) is 0 Å². The van der Waals surface area contributed by atoms with Crippen LogP contribution in [-0.2, 0) is 4.79 Å². The lowest BCUT2D eigenvalue weighted by atomic mass is 10.2. The van der Waals surface area contributed by atoms with Gasteiger partial charge in [0.05, 0.1) is 10.2 Å². The largest absolute Gasteiger partial charge is 0.357 e. The predicted molar refractivity (Wildman–Crippen MR) is 68.9 cm³/mol. The van der Waals surface area contributed by atoms with E-state index in [9.17, 15) is 4.79 Å². The molecule has 0 radical (unpaired) electrons. The number of halogens is 1. The summed E-state index contributed by atoms with van der Waals surface area (Å²) in [6, 6.07) is -0.138. The van der Waals surface area contributed by atoms with Crippen molar-refractivity contribution in [2.75, 3.05) is 18.5 Å². The minimum atomic E-state index is -0.138. The van der Waals surface area contributed by atoms with Gasteiger partial charge in [-0.1, -0.05) is 0 Å². The van der Waals surface area contributed by atoms with E-state index in [1.165, 1.54) is 0 Å². The second kappa shape index (κ2) is 5.00. The quantitative estimate of drug-likeness (QED) is 0.893. The summed E-state index contributed by atoms with van der Waals surface area (Å²) < 4.78 is 0.886. The monoisotopic (exact) mass is 298 g/mol. The summed E-state index contributed by atoms with van der Waals surface area (Å²) in [7, 11) is 1.66. The zero-order chi connectivity index (χ0) is 12.4. The highest BCUT2D eigenvalue weighted by Gasteiger charge is 2.31. The van der Waals surface area contributed by atoms with E-state index in [-0.39, 0.29) is 11.9 Å². The smallest absolute Gasteiger partial charge is 0.242 e. The van der Waals surface area contributed by atoms with E-state index in [4.69, 9.17) is 0 Å². The molecule has 1 aromatic rings. The Morgan fingerprint density at radius 1 is 1.65 bits per heavy atom. The topological polar surface area (TPSA) is 58.1 Å². The van der Waals surface area contributed by atoms with Gasteiger partial charge >= 0.3 is 0 Å². The summed E-state index contributed by atoms with van der Waals surface area (Å²) in [6.07, 6.45) is 3.59. The van der Waals surface area contributed by atoms with Gasteiger partial charge in [-0.3, -0.25) is 4.79 Å². The third kappa shape index (κ3) is 2.41. The number of rotatable bonds is 2. The van der Waals surface area contributed by atoms with Crippen molar-refractivity contribution < 1.29 is 4.79 Å². The first-order valence-electron chi connectivity index (χ1n) is 5.61. The molecule has 0 saturated carbocycles. The van der Waals surface area contributed by atoms with Crippen LogP contribution < -0.4 is 10.2 Å². The van der Waals surface area contributed by atoms with E-state index in [0.717, 1.165) is 29.6 Å². The molecular formula is C11H15BrN4O. The molecule has 2 rings (SSSR count). The van der Waals surface area contributed by atoms with Crippen LogP contribution in [0.1, 0.15) is 18.5 Å². The second-order valence-electron chi connectivity index (χ2n) is 4.07. The van der Waals surface area contributed by atoms with E-state index in [0.29, 0.717) is 5.95 Å². The maximum absolute atomic E-state index is 11.7. The number of carbonyl (C=O) groups is 1. The molecule has 0 spiro atoms. The van der Waals surface area contributed by atoms with Crippen molar-refractivity contribution in [3.63, 3.8) is 0 Å². The highest BCUT2D eigenvalue weighted by molar-refractivity contribution is 9.10. The van der Waals surface area contributed by atoms with Crippen LogP contribution in [0.15, 0.2) is 10.7 Å². The van der Waals surface area contributed by atoms with Crippen molar-refractivity contribution in [3.05, 3.63) is 16.4 Å². The average molecular weight is 299 g/mol. The molecule has 1 saturated heterocycles. The third-order valence-electron chi connectivity index (χ3n) is 2.97. The first-order valence-corrected chi connectivity index (χ1v) is 6.40. The number of hydrogen-bond donors (Lipinski definition) is 1. The predicted octanol–water partition coefficient (Wildman–Crippen LogP) is 1.26. The molecule has 2 heterocycles. The Balaban J connectivity index is 2.26. The number of amides is 1. The van der Waals surface area contributed by atoms with Crippen LogP contribution in [0.2, 0.25) is 0 Å². The van der Waals surface area contributed by atoms with Gasteiger partial charge in [-0.25, -0.2) is 9.97 Å². The number of nitrogens with zero attached hydrogens (tertiary/aromatic N) is 3. The molecule has 0 aliphatic carbocycles. The van der Waals surface area contributed by atoms with Gasteiger partial charge in [-0.05, 0) is 35.7 Å². The van der Waals surface area contributed by atoms with Crippen LogP contribution in [-0.4, -0.2) is 35.5 Å². The number of likely N-dealkylation sites (N-methyl/N-ethyl adjacent to an activating group) is 1. The van der Waals surface area contributed by atoms with Gasteiger partial charge in [-0.15, -0.1) is 0 Å². The van der Waals surface area contributed by atoms with Gasteiger partial charge in [-0.2, -0.15) is 0 Å². The summed E-state index contributed by atoms with van der Waals surface area (Å²) in [4.78, 5) is 22.4. The normalized spacial score (nSPS) is 19.5. The number of hydrogen-bond acceptors (Lipinski definition) is 4. The van der Waals surface area contributed by atoms with Crippen LogP contribution in [0.25, 0.3) is 0 Å². The van der Waals surface area contributed by atoms with Crippen molar-refractivity contribution in [2.24, 2.45) is 0 Å². The summed E-state index contributed by atoms with van der Waals surface area (Å²) in [5.74, 6) is 0.670. The summed E-state index contributed by atoms with van der Waals surface area (Å²) >= 11 is 3.37. The molecule has 17 heavy (non-hydrogen) atoms. The zero-order valence-electron chi connectivity index (χ0n) is 9.90. The SMILES string of the molecule is CNC(=O)[C@@H]1CCCN1c1ncc(Br)c(C)n1. The van der Waals surface area contributed by atoms with Crippen LogP contribution >= 0.6 is 15.9 Å². The second-order valence-corrected chi connectivity index (χ2v) is 4.92. The minimum absolute atomic E-state index is 0.0340. The fraction of sp³-hybridized carbons (Fsp3) is 0.545. The Labute approximate surface area is 109 Å². The molecule has 1 aromatic heterocycles. The Bertz CT molecular complexity index is 437. The van der Waals surface area contributed by atoms with Crippen LogP contribution in [0.4, 0.5) is 5.95 Å². The molecule has 5 nitrogen and oxygen atoms in total. The highest BCUT2D eigenvalue weighted by atomic mass is 79.9. The van der Waals surface area contributed by atoms with Gasteiger partial charge in [0, 0.05) is 19.8 Å². The standard InChI is InChI=1S/C11H15BrN4O/c1-7-8(12)6-14-11(15-7)16-5-3-4-9(16)10(17)13-2/h6,9H,3-5H2,1-2H3,(H,13,17)/t9-/m0/s1. The first-order chi connectivity index (χ1) is 8.13. The summed E-state index contributed by atoms with van der Waals surface area (Å²) in [5, 5.41) is 2.69. The molecule has 1 aliphatic heterocycles. The number of carbonyl (C=O) groups excluding carboxylic acids is 1. The number of aromatic nitrogens is 2. The molecule has 0 bridgehead atoms. The summed E-state index contributed by atoms with van der Waals surface area (Å²) in [6.45, 7) is 2.75. The van der Waals surface area contributed by atoms with Gasteiger partial charge in [0.1, 0.15) is 6.04 Å². The third-order valence-corrected chi connectivity index (χ3v) is 3.74. The lowest BCUT2D eigenvalue weighted by molar-refractivity contribution is -0.121. The Hall–Kier alpha value is -1.17. The number of anilines is 1. The van der Waals surface area contributed by atoms with Crippen molar-refractivity contribution >= 4 is 27.8 Å². The minimum Gasteiger partial charge on any atom is -0.357 e. The summed E-state index contributed by atoms with van der Waals surface area (Å²) in [5.41, 5.74) is 0.887. The molecule has 6 heteroatoms. The lowest BCUT2D eigenvalue weighted by Gasteiger charge is -2.23. The maximum atomic E-state index is 11.7. The molecule has 1 atom stereocenters. The van der Waals surface area contributed by atoms with E-state index in [1.807, 2.05) is 11.8 Å². The van der Waals surface area contributed by atoms with E-state index < -0.39 is 0 Å². The highest BCUT2D eigenvalue weighted by Crippen LogP contribution is 2.24. The average Bonchev–Trinajstić information content (AvgIpc) is 2.80. The molecule has 92 valence electrons. The fourth-order valence-electron chi connectivity index (χ4n) is 2.02. The van der Waals surface area contributed by atoms with E-state index in [1.54, 1.807) is 13.2 Å². The maximum Gasteiger partial charge on any atom is 0.242 e. The molecule has 0 unspecified atom stereocenters. The van der Waals surface area contributed by atoms with Crippen molar-refractivity contribution in [1.29, 1.82) is 0 Å². The van der Waals surface area contributed by atoms with E-state index >= 15 is 0 Å². The van der Waals surface area contributed by atoms with Crippen molar-refractivity contribution in [2.45, 2.75) is 25.8 Å². The van der Waals surface area contributed by atoms with Crippen molar-refractivity contribution in [3.8, 4) is 0 Å². The first kappa shape index (κ1) is 12.3. The Kier molecular flexibility index (Phi) is 3.61. The molecular weight excluding hydrogens is 284 g/mol. The van der Waals surface area contributed by atoms with Crippen LogP contribution in [0, 0.1) is 6.92 Å². The van der Waals surface area contributed by atoms with Crippen molar-refractivity contribution in [1.82, 2.24) is 15.3 Å². The van der Waals surface area contributed by atoms with Gasteiger partial charge in [0.2, 0.25) is 11.9 Å². The fourth-order valence-corrected chi connectivity index (χ4v) is 2.21. The van der Waals surface area contributed by atoms with Gasteiger partial charge in [0.25, 0.3) is 0 Å².